The van der Waals surface area contributed by atoms with Gasteiger partial charge in [0.2, 0.25) is 0 Å². The summed E-state index contributed by atoms with van der Waals surface area (Å²) in [4.78, 5) is 17.0. The number of fused-ring (bicyclic) bond motifs is 3. The van der Waals surface area contributed by atoms with Crippen LogP contribution in [0.15, 0.2) is 47.1 Å². The SMILES string of the molecule is CC.CC.CS(=O)Nc1ccc2oc3c(OC(F)F)ccc(C(=O)Nc4c(Cl)cncc4Cl)c3c2c1. The van der Waals surface area contributed by atoms with Crippen LogP contribution in [0.2, 0.25) is 10.0 Å². The maximum atomic E-state index is 13.1. The summed E-state index contributed by atoms with van der Waals surface area (Å²) in [5.41, 5.74) is 0.985. The lowest BCUT2D eigenvalue weighted by molar-refractivity contribution is -0.0493. The standard InChI is InChI=1S/C20H13Cl2F2N3O4S.2C2H6/c1-32(29)27-9-2-4-14-11(6-9)16-10(3-5-15(18(16)30-14)31-20(23)24)19(28)26-17-12(21)7-25-8-13(17)22;2*1-2/h2-8,20,27H,1H3,(H,25,26,28);2*1-2H3. The van der Waals surface area contributed by atoms with E-state index in [4.69, 9.17) is 27.6 Å². The van der Waals surface area contributed by atoms with Crippen molar-refractivity contribution in [2.24, 2.45) is 0 Å². The molecule has 0 saturated heterocycles. The lowest BCUT2D eigenvalue weighted by Gasteiger charge is -2.11. The number of carbonyl (C=O) groups excluding carboxylic acids is 1. The van der Waals surface area contributed by atoms with Crippen molar-refractivity contribution in [1.29, 1.82) is 0 Å². The molecule has 4 aromatic rings. The maximum absolute atomic E-state index is 13.1. The van der Waals surface area contributed by atoms with Gasteiger partial charge in [0.25, 0.3) is 5.91 Å². The van der Waals surface area contributed by atoms with Crippen LogP contribution in [0.1, 0.15) is 38.1 Å². The van der Waals surface area contributed by atoms with Crippen molar-refractivity contribution >= 4 is 73.4 Å². The molecular weight excluding hydrogens is 535 g/mol. The Bertz CT molecular complexity index is 1360. The molecule has 2 heterocycles. The van der Waals surface area contributed by atoms with Crippen LogP contribution in [-0.4, -0.2) is 28.0 Å². The molecule has 0 radical (unpaired) electrons. The van der Waals surface area contributed by atoms with Gasteiger partial charge >= 0.3 is 6.61 Å². The van der Waals surface area contributed by atoms with E-state index < -0.39 is 23.5 Å². The number of anilines is 2. The molecule has 1 unspecified atom stereocenters. The van der Waals surface area contributed by atoms with Crippen molar-refractivity contribution in [3.8, 4) is 5.75 Å². The van der Waals surface area contributed by atoms with E-state index in [1.54, 1.807) is 18.2 Å². The summed E-state index contributed by atoms with van der Waals surface area (Å²) >= 11 is 12.2. The van der Waals surface area contributed by atoms with Gasteiger partial charge < -0.3 is 19.2 Å². The minimum Gasteiger partial charge on any atom is -0.452 e. The molecule has 0 aliphatic carbocycles. The van der Waals surface area contributed by atoms with Crippen LogP contribution in [-0.2, 0) is 11.0 Å². The number of nitrogens with one attached hydrogen (secondary N) is 2. The second kappa shape index (κ2) is 13.4. The highest BCUT2D eigenvalue weighted by atomic mass is 35.5. The van der Waals surface area contributed by atoms with E-state index in [1.807, 2.05) is 27.7 Å². The van der Waals surface area contributed by atoms with Gasteiger partial charge in [-0.05, 0) is 30.3 Å². The number of hydrogen-bond acceptors (Lipinski definition) is 5. The summed E-state index contributed by atoms with van der Waals surface area (Å²) < 4.78 is 50.4. The lowest BCUT2D eigenvalue weighted by Crippen LogP contribution is -2.13. The minimum absolute atomic E-state index is 0.0466. The Labute approximate surface area is 219 Å². The fraction of sp³-hybridized carbons (Fsp3) is 0.250. The number of pyridine rings is 1. The molecule has 0 aliphatic rings. The third-order valence-electron chi connectivity index (χ3n) is 4.40. The van der Waals surface area contributed by atoms with Crippen LogP contribution in [0.5, 0.6) is 5.75 Å². The highest BCUT2D eigenvalue weighted by Crippen LogP contribution is 2.39. The Kier molecular flexibility index (Phi) is 10.9. The van der Waals surface area contributed by atoms with Gasteiger partial charge in [0.05, 0.1) is 21.3 Å². The van der Waals surface area contributed by atoms with E-state index in [0.29, 0.717) is 16.7 Å². The van der Waals surface area contributed by atoms with E-state index in [-0.39, 0.29) is 38.0 Å². The number of alkyl halides is 2. The number of hydrogen-bond donors (Lipinski definition) is 2. The number of amides is 1. The molecule has 12 heteroatoms. The average molecular weight is 560 g/mol. The molecule has 0 saturated carbocycles. The number of nitrogens with zero attached hydrogens (tertiary/aromatic N) is 1. The van der Waals surface area contributed by atoms with Crippen molar-refractivity contribution in [2.45, 2.75) is 34.3 Å². The fourth-order valence-electron chi connectivity index (χ4n) is 3.18. The summed E-state index contributed by atoms with van der Waals surface area (Å²) in [7, 11) is -1.36. The zero-order chi connectivity index (χ0) is 27.0. The van der Waals surface area contributed by atoms with Crippen LogP contribution in [0, 0.1) is 0 Å². The monoisotopic (exact) mass is 559 g/mol. The number of ether oxygens (including phenoxy) is 1. The zero-order valence-corrected chi connectivity index (χ0v) is 22.4. The van der Waals surface area contributed by atoms with Crippen molar-refractivity contribution in [2.75, 3.05) is 16.3 Å². The van der Waals surface area contributed by atoms with Crippen LogP contribution in [0.25, 0.3) is 21.9 Å². The molecule has 2 aromatic carbocycles. The molecule has 7 nitrogen and oxygen atoms in total. The summed E-state index contributed by atoms with van der Waals surface area (Å²) in [6, 6.07) is 7.30. The van der Waals surface area contributed by atoms with E-state index in [1.165, 1.54) is 30.8 Å². The second-order valence-electron chi connectivity index (χ2n) is 6.50. The van der Waals surface area contributed by atoms with Crippen molar-refractivity contribution in [3.05, 3.63) is 58.3 Å². The Balaban J connectivity index is 0.00000109. The van der Waals surface area contributed by atoms with Gasteiger partial charge in [0.1, 0.15) is 16.6 Å². The quantitative estimate of drug-likeness (QED) is 0.250. The summed E-state index contributed by atoms with van der Waals surface area (Å²) in [6.07, 6.45) is 4.08. The Morgan fingerprint density at radius 2 is 1.72 bits per heavy atom. The second-order valence-corrected chi connectivity index (χ2v) is 8.42. The number of rotatable bonds is 6. The largest absolute Gasteiger partial charge is 0.452 e. The van der Waals surface area contributed by atoms with E-state index in [0.717, 1.165) is 0 Å². The van der Waals surface area contributed by atoms with Gasteiger partial charge in [0.15, 0.2) is 11.3 Å². The third kappa shape index (κ3) is 6.63. The molecule has 36 heavy (non-hydrogen) atoms. The first-order valence-electron chi connectivity index (χ1n) is 10.9. The molecule has 0 fully saturated rings. The first kappa shape index (κ1) is 29.3. The smallest absolute Gasteiger partial charge is 0.387 e. The number of halogens is 4. The Hall–Kier alpha value is -2.95. The van der Waals surface area contributed by atoms with Crippen LogP contribution in [0.3, 0.4) is 0 Å². The van der Waals surface area contributed by atoms with Gasteiger partial charge in [-0.15, -0.1) is 0 Å². The van der Waals surface area contributed by atoms with Gasteiger partial charge in [-0.3, -0.25) is 9.78 Å². The first-order valence-corrected chi connectivity index (χ1v) is 13.2. The minimum atomic E-state index is -3.10. The van der Waals surface area contributed by atoms with Crippen molar-refractivity contribution in [1.82, 2.24) is 4.98 Å². The van der Waals surface area contributed by atoms with Crippen LogP contribution in [0.4, 0.5) is 20.2 Å². The summed E-state index contributed by atoms with van der Waals surface area (Å²) in [5, 5.41) is 3.50. The fourth-order valence-corrected chi connectivity index (χ4v) is 4.09. The molecule has 194 valence electrons. The number of carbonyl (C=O) groups is 1. The van der Waals surface area contributed by atoms with Gasteiger partial charge in [-0.1, -0.05) is 50.9 Å². The number of benzene rings is 2. The highest BCUT2D eigenvalue weighted by molar-refractivity contribution is 7.85. The maximum Gasteiger partial charge on any atom is 0.387 e. The Morgan fingerprint density at radius 1 is 1.08 bits per heavy atom. The number of aromatic nitrogens is 1. The van der Waals surface area contributed by atoms with E-state index in [9.17, 15) is 17.8 Å². The molecule has 1 atom stereocenters. The van der Waals surface area contributed by atoms with E-state index in [2.05, 4.69) is 19.8 Å². The highest BCUT2D eigenvalue weighted by Gasteiger charge is 2.23. The molecule has 0 bridgehead atoms. The van der Waals surface area contributed by atoms with Crippen LogP contribution >= 0.6 is 23.2 Å². The number of furan rings is 1. The van der Waals surface area contributed by atoms with Gasteiger partial charge in [-0.2, -0.15) is 8.78 Å². The summed E-state index contributed by atoms with van der Waals surface area (Å²) in [6.45, 7) is 4.90. The lowest BCUT2D eigenvalue weighted by atomic mass is 10.0. The topological polar surface area (TPSA) is 93.5 Å². The van der Waals surface area contributed by atoms with Crippen LogP contribution < -0.4 is 14.8 Å². The Morgan fingerprint density at radius 3 is 2.31 bits per heavy atom. The van der Waals surface area contributed by atoms with Gasteiger partial charge in [-0.25, -0.2) is 4.21 Å². The summed E-state index contributed by atoms with van der Waals surface area (Å²) in [5.74, 6) is -0.856. The molecule has 4 rings (SSSR count). The molecule has 0 spiro atoms. The normalized spacial score (nSPS) is 11.3. The van der Waals surface area contributed by atoms with Gasteiger partial charge in [0, 0.05) is 35.1 Å². The van der Waals surface area contributed by atoms with Crippen molar-refractivity contribution < 1.29 is 26.9 Å². The molecule has 2 N–H and O–H groups in total. The zero-order valence-electron chi connectivity index (χ0n) is 20.1. The molecule has 0 aliphatic heterocycles. The average Bonchev–Trinajstić information content (AvgIpc) is 3.23. The van der Waals surface area contributed by atoms with E-state index >= 15 is 0 Å². The van der Waals surface area contributed by atoms with Crippen molar-refractivity contribution in [3.63, 3.8) is 0 Å². The molecule has 2 aromatic heterocycles. The molecule has 1 amide bonds. The first-order chi connectivity index (χ1) is 17.2. The molecular formula is C24H25Cl2F2N3O4S. The third-order valence-corrected chi connectivity index (χ3v) is 5.49. The predicted molar refractivity (Wildman–Crippen MR) is 143 cm³/mol. The predicted octanol–water partition coefficient (Wildman–Crippen LogP) is 7.90.